The Morgan fingerprint density at radius 2 is 1.80 bits per heavy atom. The van der Waals surface area contributed by atoms with Crippen LogP contribution in [0.1, 0.15) is 11.5 Å². The van der Waals surface area contributed by atoms with Crippen LogP contribution in [0.2, 0.25) is 0 Å². The standard InChI is InChI=1S/C22H15FN4O2S/c1-13-2-4-15(5-3-13)20-25-18(29-26-20)10-27-12-24-21-19(22(27)28)17(11-30-21)14-6-8-16(23)9-7-14/h2-9,11-12H,10H2,1H3. The first kappa shape index (κ1) is 18.4. The summed E-state index contributed by atoms with van der Waals surface area (Å²) < 4.78 is 20.1. The van der Waals surface area contributed by atoms with Gasteiger partial charge in [0.05, 0.1) is 11.7 Å². The summed E-state index contributed by atoms with van der Waals surface area (Å²) in [7, 11) is 0. The van der Waals surface area contributed by atoms with Crippen molar-refractivity contribution in [2.45, 2.75) is 13.5 Å². The van der Waals surface area contributed by atoms with E-state index in [2.05, 4.69) is 15.1 Å². The molecular formula is C22H15FN4O2S. The second-order valence-corrected chi connectivity index (χ2v) is 7.75. The van der Waals surface area contributed by atoms with E-state index < -0.39 is 0 Å². The van der Waals surface area contributed by atoms with Gasteiger partial charge in [-0.3, -0.25) is 9.36 Å². The van der Waals surface area contributed by atoms with Crippen molar-refractivity contribution >= 4 is 21.6 Å². The third kappa shape index (κ3) is 3.31. The Bertz CT molecular complexity index is 1400. The van der Waals surface area contributed by atoms with Crippen LogP contribution >= 0.6 is 11.3 Å². The van der Waals surface area contributed by atoms with Crippen LogP contribution in [0, 0.1) is 12.7 Å². The van der Waals surface area contributed by atoms with Gasteiger partial charge in [0.15, 0.2) is 0 Å². The fourth-order valence-corrected chi connectivity index (χ4v) is 4.11. The molecule has 0 fully saturated rings. The Balaban J connectivity index is 1.50. The molecule has 3 aromatic heterocycles. The summed E-state index contributed by atoms with van der Waals surface area (Å²) in [6, 6.07) is 13.8. The molecule has 5 rings (SSSR count). The summed E-state index contributed by atoms with van der Waals surface area (Å²) >= 11 is 1.38. The van der Waals surface area contributed by atoms with Crippen LogP contribution in [-0.4, -0.2) is 19.7 Å². The lowest BCUT2D eigenvalue weighted by Crippen LogP contribution is -2.21. The van der Waals surface area contributed by atoms with E-state index >= 15 is 0 Å². The molecule has 0 aliphatic rings. The van der Waals surface area contributed by atoms with E-state index in [1.807, 2.05) is 36.6 Å². The molecule has 0 N–H and O–H groups in total. The molecule has 30 heavy (non-hydrogen) atoms. The highest BCUT2D eigenvalue weighted by atomic mass is 32.1. The Labute approximate surface area is 174 Å². The van der Waals surface area contributed by atoms with Crippen LogP contribution in [-0.2, 0) is 6.54 Å². The minimum atomic E-state index is -0.324. The van der Waals surface area contributed by atoms with E-state index in [9.17, 15) is 9.18 Å². The second kappa shape index (κ2) is 7.31. The number of thiophene rings is 1. The highest BCUT2D eigenvalue weighted by Crippen LogP contribution is 2.30. The lowest BCUT2D eigenvalue weighted by molar-refractivity contribution is 0.369. The molecule has 0 spiro atoms. The van der Waals surface area contributed by atoms with Gasteiger partial charge in [0.25, 0.3) is 5.56 Å². The lowest BCUT2D eigenvalue weighted by atomic mass is 10.1. The van der Waals surface area contributed by atoms with Gasteiger partial charge in [-0.1, -0.05) is 47.1 Å². The molecule has 6 nitrogen and oxygen atoms in total. The molecule has 3 heterocycles. The summed E-state index contributed by atoms with van der Waals surface area (Å²) in [4.78, 5) is 22.6. The Morgan fingerprint density at radius 3 is 2.57 bits per heavy atom. The average Bonchev–Trinajstić information content (AvgIpc) is 3.39. The molecule has 0 amide bonds. The van der Waals surface area contributed by atoms with Gasteiger partial charge in [-0.05, 0) is 24.6 Å². The third-order valence-corrected chi connectivity index (χ3v) is 5.69. The van der Waals surface area contributed by atoms with Crippen LogP contribution in [0.3, 0.4) is 0 Å². The van der Waals surface area contributed by atoms with Crippen molar-refractivity contribution < 1.29 is 8.91 Å². The number of hydrogen-bond donors (Lipinski definition) is 0. The molecule has 0 atom stereocenters. The molecule has 0 bridgehead atoms. The fourth-order valence-electron chi connectivity index (χ4n) is 3.21. The normalized spacial score (nSPS) is 11.3. The second-order valence-electron chi connectivity index (χ2n) is 6.89. The number of rotatable bonds is 4. The van der Waals surface area contributed by atoms with Crippen molar-refractivity contribution in [1.29, 1.82) is 0 Å². The quantitative estimate of drug-likeness (QED) is 0.424. The van der Waals surface area contributed by atoms with Crippen LogP contribution < -0.4 is 5.56 Å². The highest BCUT2D eigenvalue weighted by molar-refractivity contribution is 7.17. The number of hydrogen-bond acceptors (Lipinski definition) is 6. The van der Waals surface area contributed by atoms with Gasteiger partial charge in [-0.2, -0.15) is 4.98 Å². The molecule has 5 aromatic rings. The van der Waals surface area contributed by atoms with E-state index in [0.717, 1.165) is 22.3 Å². The topological polar surface area (TPSA) is 73.8 Å². The Morgan fingerprint density at radius 1 is 1.07 bits per heavy atom. The first-order valence-corrected chi connectivity index (χ1v) is 10.1. The van der Waals surface area contributed by atoms with E-state index in [-0.39, 0.29) is 17.9 Å². The summed E-state index contributed by atoms with van der Waals surface area (Å²) in [5.41, 5.74) is 3.26. The van der Waals surface area contributed by atoms with E-state index in [1.54, 1.807) is 12.1 Å². The van der Waals surface area contributed by atoms with Crippen LogP contribution in [0.5, 0.6) is 0 Å². The summed E-state index contributed by atoms with van der Waals surface area (Å²) in [5.74, 6) is 0.455. The van der Waals surface area contributed by atoms with Crippen molar-refractivity contribution in [3.63, 3.8) is 0 Å². The van der Waals surface area contributed by atoms with Crippen molar-refractivity contribution in [2.24, 2.45) is 0 Å². The fraction of sp³-hybridized carbons (Fsp3) is 0.0909. The van der Waals surface area contributed by atoms with Gasteiger partial charge in [0.1, 0.15) is 17.2 Å². The molecule has 148 valence electrons. The number of aromatic nitrogens is 4. The van der Waals surface area contributed by atoms with Crippen LogP contribution in [0.4, 0.5) is 4.39 Å². The first-order chi connectivity index (χ1) is 14.6. The molecule has 0 radical (unpaired) electrons. The predicted molar refractivity (Wildman–Crippen MR) is 113 cm³/mol. The molecule has 0 aliphatic heterocycles. The maximum Gasteiger partial charge on any atom is 0.263 e. The summed E-state index contributed by atoms with van der Waals surface area (Å²) in [6.07, 6.45) is 1.48. The van der Waals surface area contributed by atoms with Crippen molar-refractivity contribution in [3.8, 4) is 22.5 Å². The van der Waals surface area contributed by atoms with E-state index in [0.29, 0.717) is 21.9 Å². The largest absolute Gasteiger partial charge is 0.337 e. The molecule has 0 saturated heterocycles. The molecule has 2 aromatic carbocycles. The number of aryl methyl sites for hydroxylation is 1. The molecule has 0 aliphatic carbocycles. The van der Waals surface area contributed by atoms with E-state index in [1.165, 1.54) is 34.4 Å². The van der Waals surface area contributed by atoms with Gasteiger partial charge in [-0.25, -0.2) is 9.37 Å². The smallest absolute Gasteiger partial charge is 0.263 e. The number of halogens is 1. The van der Waals surface area contributed by atoms with Crippen LogP contribution in [0.25, 0.3) is 32.7 Å². The number of benzene rings is 2. The molecule has 0 saturated carbocycles. The van der Waals surface area contributed by atoms with Gasteiger partial charge >= 0.3 is 0 Å². The van der Waals surface area contributed by atoms with Crippen molar-refractivity contribution in [2.75, 3.05) is 0 Å². The number of fused-ring (bicyclic) bond motifs is 1. The first-order valence-electron chi connectivity index (χ1n) is 9.21. The Kier molecular flexibility index (Phi) is 4.48. The number of nitrogens with zero attached hydrogens (tertiary/aromatic N) is 4. The van der Waals surface area contributed by atoms with Gasteiger partial charge in [0, 0.05) is 16.5 Å². The van der Waals surface area contributed by atoms with Crippen molar-refractivity contribution in [3.05, 3.63) is 87.9 Å². The SMILES string of the molecule is Cc1ccc(-c2noc(Cn3cnc4scc(-c5ccc(F)cc5)c4c3=O)n2)cc1. The van der Waals surface area contributed by atoms with Gasteiger partial charge in [-0.15, -0.1) is 11.3 Å². The maximum atomic E-state index is 13.3. The minimum Gasteiger partial charge on any atom is -0.337 e. The molecular weight excluding hydrogens is 403 g/mol. The molecule has 0 unspecified atom stereocenters. The lowest BCUT2D eigenvalue weighted by Gasteiger charge is -2.03. The monoisotopic (exact) mass is 418 g/mol. The predicted octanol–water partition coefficient (Wildman–Crippen LogP) is 4.67. The summed E-state index contributed by atoms with van der Waals surface area (Å²) in [5, 5.41) is 6.37. The average molecular weight is 418 g/mol. The summed E-state index contributed by atoms with van der Waals surface area (Å²) in [6.45, 7) is 2.12. The molecule has 8 heteroatoms. The van der Waals surface area contributed by atoms with Crippen LogP contribution in [0.15, 0.2) is 69.6 Å². The minimum absolute atomic E-state index is 0.110. The highest BCUT2D eigenvalue weighted by Gasteiger charge is 2.15. The van der Waals surface area contributed by atoms with Gasteiger partial charge < -0.3 is 4.52 Å². The zero-order valence-electron chi connectivity index (χ0n) is 15.9. The van der Waals surface area contributed by atoms with E-state index in [4.69, 9.17) is 4.52 Å². The van der Waals surface area contributed by atoms with Crippen molar-refractivity contribution in [1.82, 2.24) is 19.7 Å². The zero-order chi connectivity index (χ0) is 20.7. The third-order valence-electron chi connectivity index (χ3n) is 4.80. The van der Waals surface area contributed by atoms with Gasteiger partial charge in [0.2, 0.25) is 11.7 Å². The Hall–Kier alpha value is -3.65. The zero-order valence-corrected chi connectivity index (χ0v) is 16.7. The maximum absolute atomic E-state index is 13.3.